The number of hydrogen-bond donors (Lipinski definition) is 2. The lowest BCUT2D eigenvalue weighted by Crippen LogP contribution is -2.36. The van der Waals surface area contributed by atoms with Crippen molar-refractivity contribution in [3.63, 3.8) is 0 Å². The second-order valence-corrected chi connectivity index (χ2v) is 7.04. The summed E-state index contributed by atoms with van der Waals surface area (Å²) in [6.45, 7) is 8.83. The van der Waals surface area contributed by atoms with Crippen LogP contribution in [0.15, 0.2) is 42.9 Å². The summed E-state index contributed by atoms with van der Waals surface area (Å²) < 4.78 is 5.22. The van der Waals surface area contributed by atoms with Crippen LogP contribution in [0, 0.1) is 5.92 Å². The van der Waals surface area contributed by atoms with E-state index in [0.717, 1.165) is 16.9 Å². The third kappa shape index (κ3) is 6.79. The van der Waals surface area contributed by atoms with Crippen molar-refractivity contribution < 1.29 is 9.53 Å². The van der Waals surface area contributed by atoms with Crippen LogP contribution in [-0.2, 0) is 4.74 Å². The van der Waals surface area contributed by atoms with Gasteiger partial charge in [0.1, 0.15) is 11.4 Å². The molecule has 0 aliphatic rings. The van der Waals surface area contributed by atoms with E-state index in [1.54, 1.807) is 6.20 Å². The molecule has 1 unspecified atom stereocenters. The zero-order valence-corrected chi connectivity index (χ0v) is 15.2. The van der Waals surface area contributed by atoms with Gasteiger partial charge < -0.3 is 15.4 Å². The van der Waals surface area contributed by atoms with Gasteiger partial charge in [-0.1, -0.05) is 13.0 Å². The summed E-state index contributed by atoms with van der Waals surface area (Å²) in [4.78, 5) is 20.2. The number of rotatable bonds is 6. The van der Waals surface area contributed by atoms with Crippen molar-refractivity contribution in [3.8, 4) is 11.1 Å². The normalized spacial score (nSPS) is 12.3. The highest BCUT2D eigenvalue weighted by molar-refractivity contribution is 5.67. The standard InChI is InChI=1S/C19H26N4O2/c1-14(11-23-18(24)25-19(2,3)4)10-21-17-8-7-16(13-22-17)15-6-5-9-20-12-15/h5-9,12-14H,10-11H2,1-4H3,(H,21,22)(H,23,24). The lowest BCUT2D eigenvalue weighted by atomic mass is 10.1. The Morgan fingerprint density at radius 2 is 1.92 bits per heavy atom. The molecule has 1 atom stereocenters. The van der Waals surface area contributed by atoms with Crippen molar-refractivity contribution in [2.45, 2.75) is 33.3 Å². The number of anilines is 1. The molecule has 134 valence electrons. The molecule has 0 saturated carbocycles. The van der Waals surface area contributed by atoms with E-state index in [1.807, 2.05) is 64.4 Å². The number of nitrogens with zero attached hydrogens (tertiary/aromatic N) is 2. The van der Waals surface area contributed by atoms with Gasteiger partial charge in [0.15, 0.2) is 0 Å². The van der Waals surface area contributed by atoms with Crippen molar-refractivity contribution in [3.05, 3.63) is 42.9 Å². The van der Waals surface area contributed by atoms with Gasteiger partial charge in [-0.2, -0.15) is 0 Å². The van der Waals surface area contributed by atoms with Crippen molar-refractivity contribution >= 4 is 11.9 Å². The summed E-state index contributed by atoms with van der Waals surface area (Å²) in [5.74, 6) is 1.05. The maximum absolute atomic E-state index is 11.6. The zero-order chi connectivity index (χ0) is 18.3. The Kier molecular flexibility index (Phi) is 6.33. The first-order valence-electron chi connectivity index (χ1n) is 8.40. The summed E-state index contributed by atoms with van der Waals surface area (Å²) in [7, 11) is 0. The molecule has 2 rings (SSSR count). The molecule has 0 aliphatic heterocycles. The molecular weight excluding hydrogens is 316 g/mol. The first-order chi connectivity index (χ1) is 11.8. The monoisotopic (exact) mass is 342 g/mol. The number of alkyl carbamates (subject to hydrolysis) is 1. The molecule has 0 spiro atoms. The molecule has 6 nitrogen and oxygen atoms in total. The molecular formula is C19H26N4O2. The molecule has 0 fully saturated rings. The second-order valence-electron chi connectivity index (χ2n) is 7.04. The van der Waals surface area contributed by atoms with E-state index < -0.39 is 11.7 Å². The quantitative estimate of drug-likeness (QED) is 0.837. The van der Waals surface area contributed by atoms with E-state index in [1.165, 1.54) is 0 Å². The van der Waals surface area contributed by atoms with Gasteiger partial charge in [0.2, 0.25) is 0 Å². The SMILES string of the molecule is CC(CNC(=O)OC(C)(C)C)CNc1ccc(-c2cccnc2)cn1. The highest BCUT2D eigenvalue weighted by Crippen LogP contribution is 2.18. The van der Waals surface area contributed by atoms with Crippen molar-refractivity contribution in [2.75, 3.05) is 18.4 Å². The van der Waals surface area contributed by atoms with E-state index in [2.05, 4.69) is 20.6 Å². The predicted octanol–water partition coefficient (Wildman–Crippen LogP) is 3.72. The largest absolute Gasteiger partial charge is 0.444 e. The minimum absolute atomic E-state index is 0.243. The van der Waals surface area contributed by atoms with Gasteiger partial charge in [-0.25, -0.2) is 9.78 Å². The van der Waals surface area contributed by atoms with Crippen molar-refractivity contribution in [1.82, 2.24) is 15.3 Å². The van der Waals surface area contributed by atoms with Gasteiger partial charge in [-0.15, -0.1) is 0 Å². The number of hydrogen-bond acceptors (Lipinski definition) is 5. The van der Waals surface area contributed by atoms with E-state index >= 15 is 0 Å². The summed E-state index contributed by atoms with van der Waals surface area (Å²) in [5, 5.41) is 6.05. The summed E-state index contributed by atoms with van der Waals surface area (Å²) in [6.07, 6.45) is 5.00. The Morgan fingerprint density at radius 1 is 1.16 bits per heavy atom. The van der Waals surface area contributed by atoms with Crippen molar-refractivity contribution in [1.29, 1.82) is 0 Å². The average molecular weight is 342 g/mol. The third-order valence-electron chi connectivity index (χ3n) is 3.38. The highest BCUT2D eigenvalue weighted by Gasteiger charge is 2.16. The Balaban J connectivity index is 1.76. The maximum atomic E-state index is 11.6. The number of amides is 1. The molecule has 0 aromatic carbocycles. The van der Waals surface area contributed by atoms with E-state index in [4.69, 9.17) is 4.74 Å². The minimum Gasteiger partial charge on any atom is -0.444 e. The van der Waals surface area contributed by atoms with Crippen LogP contribution in [0.25, 0.3) is 11.1 Å². The lowest BCUT2D eigenvalue weighted by molar-refractivity contribution is 0.0521. The van der Waals surface area contributed by atoms with Gasteiger partial charge in [0.05, 0.1) is 0 Å². The van der Waals surface area contributed by atoms with Gasteiger partial charge >= 0.3 is 6.09 Å². The van der Waals surface area contributed by atoms with E-state index in [-0.39, 0.29) is 5.92 Å². The van der Waals surface area contributed by atoms with Gasteiger partial charge in [-0.05, 0) is 44.9 Å². The fourth-order valence-electron chi connectivity index (χ4n) is 2.13. The molecule has 0 bridgehead atoms. The summed E-state index contributed by atoms with van der Waals surface area (Å²) >= 11 is 0. The molecule has 2 N–H and O–H groups in total. The molecule has 25 heavy (non-hydrogen) atoms. The molecule has 1 amide bonds. The number of carbonyl (C=O) groups excluding carboxylic acids is 1. The molecule has 0 saturated heterocycles. The second kappa shape index (κ2) is 8.46. The lowest BCUT2D eigenvalue weighted by Gasteiger charge is -2.21. The van der Waals surface area contributed by atoms with Crippen LogP contribution in [0.1, 0.15) is 27.7 Å². The first-order valence-corrected chi connectivity index (χ1v) is 8.40. The van der Waals surface area contributed by atoms with E-state index in [9.17, 15) is 4.79 Å². The molecule has 2 aromatic heterocycles. The Bertz CT molecular complexity index is 666. The maximum Gasteiger partial charge on any atom is 0.407 e. The summed E-state index contributed by atoms with van der Waals surface area (Å²) in [6, 6.07) is 7.86. The highest BCUT2D eigenvalue weighted by atomic mass is 16.6. The topological polar surface area (TPSA) is 76.1 Å². The van der Waals surface area contributed by atoms with Crippen LogP contribution in [0.4, 0.5) is 10.6 Å². The van der Waals surface area contributed by atoms with Crippen LogP contribution in [0.3, 0.4) is 0 Å². The fourth-order valence-corrected chi connectivity index (χ4v) is 2.13. The number of carbonyl (C=O) groups is 1. The van der Waals surface area contributed by atoms with Crippen LogP contribution in [0.5, 0.6) is 0 Å². The first kappa shape index (κ1) is 18.7. The molecule has 6 heteroatoms. The minimum atomic E-state index is -0.481. The predicted molar refractivity (Wildman–Crippen MR) is 99.4 cm³/mol. The number of ether oxygens (including phenoxy) is 1. The zero-order valence-electron chi connectivity index (χ0n) is 15.2. The smallest absolute Gasteiger partial charge is 0.407 e. The molecule has 2 heterocycles. The number of pyridine rings is 2. The van der Waals surface area contributed by atoms with Crippen LogP contribution in [0.2, 0.25) is 0 Å². The fraction of sp³-hybridized carbons (Fsp3) is 0.421. The number of aromatic nitrogens is 2. The van der Waals surface area contributed by atoms with Crippen LogP contribution >= 0.6 is 0 Å². The van der Waals surface area contributed by atoms with Crippen LogP contribution < -0.4 is 10.6 Å². The summed E-state index contributed by atoms with van der Waals surface area (Å²) in [5.41, 5.74) is 1.58. The van der Waals surface area contributed by atoms with Crippen molar-refractivity contribution in [2.24, 2.45) is 5.92 Å². The molecule has 0 aliphatic carbocycles. The Morgan fingerprint density at radius 3 is 2.52 bits per heavy atom. The number of nitrogens with one attached hydrogen (secondary N) is 2. The van der Waals surface area contributed by atoms with Gasteiger partial charge in [0, 0.05) is 42.8 Å². The van der Waals surface area contributed by atoms with Gasteiger partial charge in [-0.3, -0.25) is 4.98 Å². The van der Waals surface area contributed by atoms with Crippen LogP contribution in [-0.4, -0.2) is 34.8 Å². The van der Waals surface area contributed by atoms with E-state index in [0.29, 0.717) is 13.1 Å². The molecule has 0 radical (unpaired) electrons. The Labute approximate surface area is 149 Å². The van der Waals surface area contributed by atoms with Gasteiger partial charge in [0.25, 0.3) is 0 Å². The Hall–Kier alpha value is -2.63. The average Bonchev–Trinajstić information content (AvgIpc) is 2.58. The molecule has 2 aromatic rings. The third-order valence-corrected chi connectivity index (χ3v) is 3.38.